The predicted molar refractivity (Wildman–Crippen MR) is 74.8 cm³/mol. The zero-order valence-electron chi connectivity index (χ0n) is 11.6. The Kier molecular flexibility index (Phi) is 3.39. The van der Waals surface area contributed by atoms with Gasteiger partial charge in [-0.1, -0.05) is 0 Å². The lowest BCUT2D eigenvalue weighted by Crippen LogP contribution is -2.15. The largest absolute Gasteiger partial charge is 0.460 e. The Hall–Kier alpha value is -2.34. The van der Waals surface area contributed by atoms with Crippen molar-refractivity contribution in [2.45, 2.75) is 20.0 Å². The van der Waals surface area contributed by atoms with Crippen LogP contribution in [0.1, 0.15) is 17.1 Å². The van der Waals surface area contributed by atoms with E-state index in [0.717, 1.165) is 28.6 Å². The van der Waals surface area contributed by atoms with Crippen molar-refractivity contribution in [1.29, 1.82) is 0 Å². The fourth-order valence-electron chi connectivity index (χ4n) is 2.10. The third-order valence-electron chi connectivity index (χ3n) is 3.22. The zero-order valence-corrected chi connectivity index (χ0v) is 11.6. The van der Waals surface area contributed by atoms with Crippen LogP contribution >= 0.6 is 0 Å². The van der Waals surface area contributed by atoms with Gasteiger partial charge in [0, 0.05) is 31.5 Å². The van der Waals surface area contributed by atoms with Crippen molar-refractivity contribution in [3.63, 3.8) is 0 Å². The molecule has 2 N–H and O–H groups in total. The molecule has 104 valence electrons. The lowest BCUT2D eigenvalue weighted by molar-refractivity contribution is 0.545. The summed E-state index contributed by atoms with van der Waals surface area (Å²) < 4.78 is 7.62. The lowest BCUT2D eigenvalue weighted by Gasteiger charge is -2.04. The van der Waals surface area contributed by atoms with Crippen molar-refractivity contribution in [2.75, 3.05) is 0 Å². The first-order chi connectivity index (χ1) is 9.74. The first kappa shape index (κ1) is 12.7. The Morgan fingerprint density at radius 3 is 2.95 bits per heavy atom. The monoisotopic (exact) mass is 271 g/mol. The molecule has 0 radical (unpaired) electrons. The van der Waals surface area contributed by atoms with Crippen molar-refractivity contribution in [2.24, 2.45) is 7.05 Å². The number of hydrogen-bond acceptors (Lipinski definition) is 4. The van der Waals surface area contributed by atoms with Crippen LogP contribution < -0.4 is 5.32 Å². The van der Waals surface area contributed by atoms with Crippen LogP contribution in [0.15, 0.2) is 35.1 Å². The molecule has 0 aliphatic carbocycles. The van der Waals surface area contributed by atoms with Crippen molar-refractivity contribution >= 4 is 0 Å². The normalized spacial score (nSPS) is 11.1. The van der Waals surface area contributed by atoms with Gasteiger partial charge in [-0.3, -0.25) is 5.10 Å². The maximum atomic E-state index is 5.62. The second-order valence-electron chi connectivity index (χ2n) is 4.74. The van der Waals surface area contributed by atoms with E-state index < -0.39 is 0 Å². The van der Waals surface area contributed by atoms with Crippen molar-refractivity contribution in [1.82, 2.24) is 25.1 Å². The minimum absolute atomic E-state index is 0.707. The van der Waals surface area contributed by atoms with Crippen molar-refractivity contribution in [3.8, 4) is 11.5 Å². The third kappa shape index (κ3) is 2.50. The quantitative estimate of drug-likeness (QED) is 0.744. The number of aromatic nitrogens is 4. The fourth-order valence-corrected chi connectivity index (χ4v) is 2.10. The average molecular weight is 271 g/mol. The second kappa shape index (κ2) is 5.34. The van der Waals surface area contributed by atoms with Crippen molar-refractivity contribution in [3.05, 3.63) is 47.9 Å². The Labute approximate surface area is 116 Å². The Balaban J connectivity index is 1.67. The van der Waals surface area contributed by atoms with Crippen LogP contribution in [0.4, 0.5) is 0 Å². The molecule has 0 spiro atoms. The number of aromatic amines is 1. The predicted octanol–water partition coefficient (Wildman–Crippen LogP) is 2.00. The molecular weight excluding hydrogens is 254 g/mol. The molecule has 3 rings (SSSR count). The summed E-state index contributed by atoms with van der Waals surface area (Å²) in [5, 5.41) is 10.4. The Morgan fingerprint density at radius 1 is 1.35 bits per heavy atom. The van der Waals surface area contributed by atoms with E-state index in [0.29, 0.717) is 13.1 Å². The average Bonchev–Trinajstić information content (AvgIpc) is 3.12. The van der Waals surface area contributed by atoms with Crippen LogP contribution in [0.3, 0.4) is 0 Å². The van der Waals surface area contributed by atoms with Crippen LogP contribution in [-0.2, 0) is 20.1 Å². The molecule has 6 nitrogen and oxygen atoms in total. The van der Waals surface area contributed by atoms with E-state index in [1.807, 2.05) is 43.1 Å². The number of nitrogens with zero attached hydrogens (tertiary/aromatic N) is 3. The van der Waals surface area contributed by atoms with E-state index in [4.69, 9.17) is 4.42 Å². The van der Waals surface area contributed by atoms with Crippen molar-refractivity contribution < 1.29 is 4.42 Å². The summed E-state index contributed by atoms with van der Waals surface area (Å²) in [7, 11) is 1.99. The van der Waals surface area contributed by atoms with Crippen LogP contribution in [0.25, 0.3) is 11.5 Å². The summed E-state index contributed by atoms with van der Waals surface area (Å²) in [4.78, 5) is 4.28. The van der Waals surface area contributed by atoms with Crippen LogP contribution in [0, 0.1) is 6.92 Å². The molecule has 6 heteroatoms. The molecule has 0 atom stereocenters. The van der Waals surface area contributed by atoms with Crippen LogP contribution in [0.5, 0.6) is 0 Å². The summed E-state index contributed by atoms with van der Waals surface area (Å²) in [6.07, 6.45) is 5.55. The molecule has 0 aromatic carbocycles. The van der Waals surface area contributed by atoms with Gasteiger partial charge in [0.25, 0.3) is 0 Å². The summed E-state index contributed by atoms with van der Waals surface area (Å²) in [6, 6.07) is 3.90. The van der Waals surface area contributed by atoms with Gasteiger partial charge in [-0.15, -0.1) is 0 Å². The number of nitrogens with one attached hydrogen (secondary N) is 2. The zero-order chi connectivity index (χ0) is 13.9. The third-order valence-corrected chi connectivity index (χ3v) is 3.22. The number of imidazole rings is 1. The van der Waals surface area contributed by atoms with Gasteiger partial charge in [0.2, 0.25) is 0 Å². The standard InChI is InChI=1S/C14H17N5O/c1-10-3-4-12(20-10)14-11(8-17-18-14)7-15-9-13-16-5-6-19(13)2/h3-6,8,15H,7,9H2,1-2H3,(H,17,18). The number of hydrogen-bond donors (Lipinski definition) is 2. The molecule has 0 saturated heterocycles. The first-order valence-electron chi connectivity index (χ1n) is 6.50. The smallest absolute Gasteiger partial charge is 0.152 e. The van der Waals surface area contributed by atoms with E-state index in [2.05, 4.69) is 20.5 Å². The van der Waals surface area contributed by atoms with Gasteiger partial charge in [0.05, 0.1) is 12.7 Å². The van der Waals surface area contributed by atoms with Gasteiger partial charge in [0.15, 0.2) is 5.76 Å². The topological polar surface area (TPSA) is 71.7 Å². The van der Waals surface area contributed by atoms with E-state index in [1.165, 1.54) is 0 Å². The van der Waals surface area contributed by atoms with Gasteiger partial charge >= 0.3 is 0 Å². The Morgan fingerprint density at radius 2 is 2.25 bits per heavy atom. The summed E-state index contributed by atoms with van der Waals surface area (Å²) in [5.41, 5.74) is 2.00. The molecule has 0 bridgehead atoms. The highest BCUT2D eigenvalue weighted by atomic mass is 16.3. The number of aryl methyl sites for hydroxylation is 2. The van der Waals surface area contributed by atoms with E-state index in [9.17, 15) is 0 Å². The van der Waals surface area contributed by atoms with Gasteiger partial charge < -0.3 is 14.3 Å². The maximum Gasteiger partial charge on any atom is 0.152 e. The molecule has 3 aromatic rings. The minimum Gasteiger partial charge on any atom is -0.460 e. The molecule has 0 saturated carbocycles. The molecule has 3 heterocycles. The Bertz CT molecular complexity index is 694. The van der Waals surface area contributed by atoms with E-state index in [1.54, 1.807) is 6.20 Å². The SMILES string of the molecule is Cc1ccc(-c2[nH]ncc2CNCc2nccn2C)o1. The van der Waals surface area contributed by atoms with E-state index >= 15 is 0 Å². The fraction of sp³-hybridized carbons (Fsp3) is 0.286. The van der Waals surface area contributed by atoms with Crippen LogP contribution in [0.2, 0.25) is 0 Å². The number of rotatable bonds is 5. The van der Waals surface area contributed by atoms with Gasteiger partial charge in [-0.2, -0.15) is 5.10 Å². The molecule has 0 fully saturated rings. The lowest BCUT2D eigenvalue weighted by atomic mass is 10.2. The minimum atomic E-state index is 0.707. The molecule has 0 aliphatic heterocycles. The highest BCUT2D eigenvalue weighted by molar-refractivity contribution is 5.56. The van der Waals surface area contributed by atoms with E-state index in [-0.39, 0.29) is 0 Å². The first-order valence-corrected chi connectivity index (χ1v) is 6.50. The summed E-state index contributed by atoms with van der Waals surface area (Å²) in [5.74, 6) is 2.71. The number of H-pyrrole nitrogens is 1. The molecule has 0 amide bonds. The van der Waals surface area contributed by atoms with Gasteiger partial charge in [-0.05, 0) is 19.1 Å². The molecule has 20 heavy (non-hydrogen) atoms. The number of furan rings is 1. The highest BCUT2D eigenvalue weighted by Gasteiger charge is 2.11. The van der Waals surface area contributed by atoms with Gasteiger partial charge in [0.1, 0.15) is 17.3 Å². The molecule has 0 aliphatic rings. The summed E-state index contributed by atoms with van der Waals surface area (Å²) >= 11 is 0. The molecule has 0 unspecified atom stereocenters. The highest BCUT2D eigenvalue weighted by Crippen LogP contribution is 2.23. The summed E-state index contributed by atoms with van der Waals surface area (Å²) in [6.45, 7) is 3.35. The van der Waals surface area contributed by atoms with Crippen LogP contribution in [-0.4, -0.2) is 19.7 Å². The molecular formula is C14H17N5O. The van der Waals surface area contributed by atoms with Gasteiger partial charge in [-0.25, -0.2) is 4.98 Å². The second-order valence-corrected chi connectivity index (χ2v) is 4.74. The maximum absolute atomic E-state index is 5.62. The molecule has 3 aromatic heterocycles.